The number of rotatable bonds is 13. The van der Waals surface area contributed by atoms with Gasteiger partial charge in [-0.15, -0.1) is 11.8 Å². The molecule has 2 atom stereocenters. The summed E-state index contributed by atoms with van der Waals surface area (Å²) in [5.41, 5.74) is 0. The highest BCUT2D eigenvalue weighted by molar-refractivity contribution is 8.00. The van der Waals surface area contributed by atoms with Crippen molar-refractivity contribution >= 4 is 17.7 Å². The maximum atomic E-state index is 13.2. The number of unbranched alkanes of at least 4 members (excludes halogenated alkanes) is 1. The Morgan fingerprint density at radius 1 is 1.17 bits per heavy atom. The number of carbonyl (C=O) groups excluding carboxylic acids is 1. The lowest BCUT2D eigenvalue weighted by Gasteiger charge is -2.21. The molecule has 0 aliphatic heterocycles. The van der Waals surface area contributed by atoms with Crippen LogP contribution in [0.4, 0.5) is 22.0 Å². The summed E-state index contributed by atoms with van der Waals surface area (Å²) in [5, 5.41) is -0.480. The van der Waals surface area contributed by atoms with Crippen molar-refractivity contribution in [2.24, 2.45) is 5.92 Å². The molecule has 0 aliphatic rings. The second-order valence-corrected chi connectivity index (χ2v) is 7.42. The molecule has 0 aromatic heterocycles. The highest BCUT2D eigenvalue weighted by Gasteiger charge is 2.45. The Balaban J connectivity index is 4.34. The first kappa shape index (κ1) is 23.5. The predicted molar refractivity (Wildman–Crippen MR) is 86.6 cm³/mol. The molecule has 144 valence electrons. The van der Waals surface area contributed by atoms with Crippen LogP contribution in [0.1, 0.15) is 52.9 Å². The van der Waals surface area contributed by atoms with E-state index in [1.165, 1.54) is 0 Å². The van der Waals surface area contributed by atoms with Crippen molar-refractivity contribution in [3.8, 4) is 0 Å². The Bertz CT molecular complexity index is 353. The molecule has 0 aromatic rings. The van der Waals surface area contributed by atoms with E-state index >= 15 is 0 Å². The van der Waals surface area contributed by atoms with Gasteiger partial charge in [-0.05, 0) is 30.9 Å². The van der Waals surface area contributed by atoms with E-state index in [2.05, 4.69) is 0 Å². The van der Waals surface area contributed by atoms with Crippen LogP contribution >= 0.6 is 11.8 Å². The highest BCUT2D eigenvalue weighted by Crippen LogP contribution is 2.32. The highest BCUT2D eigenvalue weighted by atomic mass is 32.2. The second-order valence-electron chi connectivity index (χ2n) is 6.11. The Hall–Kier alpha value is -0.530. The van der Waals surface area contributed by atoms with Crippen molar-refractivity contribution in [2.45, 2.75) is 76.6 Å². The van der Waals surface area contributed by atoms with Crippen LogP contribution in [0, 0.1) is 5.92 Å². The molecule has 0 spiro atoms. The molecule has 2 unspecified atom stereocenters. The number of thioether (sulfide) groups is 1. The third kappa shape index (κ3) is 9.69. The smallest absolute Gasteiger partial charge is 0.319 e. The largest absolute Gasteiger partial charge is 0.465 e. The van der Waals surface area contributed by atoms with Gasteiger partial charge < -0.3 is 4.74 Å². The Morgan fingerprint density at radius 3 is 2.29 bits per heavy atom. The van der Waals surface area contributed by atoms with Crippen LogP contribution in [0.2, 0.25) is 0 Å². The predicted octanol–water partition coefficient (Wildman–Crippen LogP) is 5.50. The van der Waals surface area contributed by atoms with Crippen LogP contribution in [-0.4, -0.2) is 42.1 Å². The van der Waals surface area contributed by atoms with Gasteiger partial charge >= 0.3 is 5.97 Å². The first-order valence-corrected chi connectivity index (χ1v) is 9.25. The first-order chi connectivity index (χ1) is 11.1. The van der Waals surface area contributed by atoms with E-state index in [0.29, 0.717) is 13.0 Å². The lowest BCUT2D eigenvalue weighted by molar-refractivity contribution is -0.143. The molecule has 0 fully saturated rings. The summed E-state index contributed by atoms with van der Waals surface area (Å²) in [6.45, 7) is 6.14. The third-order valence-electron chi connectivity index (χ3n) is 3.29. The summed E-state index contributed by atoms with van der Waals surface area (Å²) in [6.07, 6.45) is -6.09. The van der Waals surface area contributed by atoms with Crippen LogP contribution in [0.3, 0.4) is 0 Å². The number of ether oxygens (including phenoxy) is 1. The lowest BCUT2D eigenvalue weighted by atomic mass is 10.1. The molecular weight excluding hydrogens is 351 g/mol. The fraction of sp³-hybridized carbons (Fsp3) is 0.938. The summed E-state index contributed by atoms with van der Waals surface area (Å²) < 4.78 is 68.4. The minimum atomic E-state index is -4.05. The van der Waals surface area contributed by atoms with Crippen LogP contribution in [0.15, 0.2) is 0 Å². The Labute approximate surface area is 144 Å². The summed E-state index contributed by atoms with van der Waals surface area (Å²) >= 11 is 1.16. The van der Waals surface area contributed by atoms with E-state index < -0.39 is 30.2 Å². The van der Waals surface area contributed by atoms with Gasteiger partial charge in [0.05, 0.1) is 6.61 Å². The number of esters is 1. The molecule has 0 amide bonds. The number of carbonyl (C=O) groups is 1. The average Bonchev–Trinajstić information content (AvgIpc) is 2.49. The minimum Gasteiger partial charge on any atom is -0.465 e. The van der Waals surface area contributed by atoms with Crippen molar-refractivity contribution in [1.82, 2.24) is 0 Å². The summed E-state index contributed by atoms with van der Waals surface area (Å²) in [4.78, 5) is 12.0. The normalized spacial score (nSPS) is 14.9. The van der Waals surface area contributed by atoms with Gasteiger partial charge in [0, 0.05) is 6.42 Å². The summed E-state index contributed by atoms with van der Waals surface area (Å²) in [7, 11) is 0. The fourth-order valence-electron chi connectivity index (χ4n) is 1.93. The molecule has 2 nitrogen and oxygen atoms in total. The molecule has 0 heterocycles. The van der Waals surface area contributed by atoms with E-state index in [0.717, 1.165) is 24.6 Å². The van der Waals surface area contributed by atoms with Gasteiger partial charge in [-0.2, -0.15) is 0 Å². The summed E-state index contributed by atoms with van der Waals surface area (Å²) in [6, 6.07) is 0. The molecular formula is C16H27F5O2S. The number of hydrogen-bond donors (Lipinski definition) is 0. The van der Waals surface area contributed by atoms with Crippen LogP contribution in [-0.2, 0) is 9.53 Å². The van der Waals surface area contributed by atoms with Gasteiger partial charge in [0.25, 0.3) is 12.3 Å². The molecule has 0 aliphatic carbocycles. The molecule has 0 rings (SSSR count). The zero-order chi connectivity index (χ0) is 18.8. The Kier molecular flexibility index (Phi) is 11.7. The van der Waals surface area contributed by atoms with Gasteiger partial charge in [-0.3, -0.25) is 4.79 Å². The van der Waals surface area contributed by atoms with Gasteiger partial charge in [0.15, 0.2) is 0 Å². The molecule has 8 heteroatoms. The third-order valence-corrected chi connectivity index (χ3v) is 4.60. The van der Waals surface area contributed by atoms with E-state index in [1.807, 2.05) is 20.8 Å². The molecule has 0 saturated heterocycles. The van der Waals surface area contributed by atoms with E-state index in [1.54, 1.807) is 0 Å². The van der Waals surface area contributed by atoms with E-state index in [-0.39, 0.29) is 24.1 Å². The van der Waals surface area contributed by atoms with Crippen molar-refractivity contribution < 1.29 is 31.5 Å². The van der Waals surface area contributed by atoms with E-state index in [9.17, 15) is 26.7 Å². The number of halogens is 5. The maximum Gasteiger partial charge on any atom is 0.319 e. The lowest BCUT2D eigenvalue weighted by Crippen LogP contribution is -2.35. The molecule has 0 radical (unpaired) electrons. The molecule has 0 aromatic carbocycles. The van der Waals surface area contributed by atoms with E-state index in [4.69, 9.17) is 4.74 Å². The second kappa shape index (κ2) is 11.9. The van der Waals surface area contributed by atoms with Crippen LogP contribution in [0.5, 0.6) is 0 Å². The summed E-state index contributed by atoms with van der Waals surface area (Å²) in [5.74, 6) is -4.06. The van der Waals surface area contributed by atoms with Crippen molar-refractivity contribution in [3.05, 3.63) is 0 Å². The van der Waals surface area contributed by atoms with Gasteiger partial charge in [0.1, 0.15) is 5.25 Å². The molecule has 0 saturated carbocycles. The maximum absolute atomic E-state index is 13.2. The molecule has 24 heavy (non-hydrogen) atoms. The average molecular weight is 378 g/mol. The minimum absolute atomic E-state index is 0.151. The van der Waals surface area contributed by atoms with Crippen molar-refractivity contribution in [2.75, 3.05) is 12.4 Å². The van der Waals surface area contributed by atoms with Gasteiger partial charge in [-0.25, -0.2) is 22.0 Å². The van der Waals surface area contributed by atoms with Crippen LogP contribution < -0.4 is 0 Å². The van der Waals surface area contributed by atoms with Crippen molar-refractivity contribution in [1.29, 1.82) is 0 Å². The zero-order valence-electron chi connectivity index (χ0n) is 14.4. The monoisotopic (exact) mass is 378 g/mol. The molecule has 0 bridgehead atoms. The molecule has 0 N–H and O–H groups in total. The van der Waals surface area contributed by atoms with Crippen LogP contribution in [0.25, 0.3) is 0 Å². The topological polar surface area (TPSA) is 26.3 Å². The van der Waals surface area contributed by atoms with Gasteiger partial charge in [-0.1, -0.05) is 27.2 Å². The number of alkyl halides is 5. The quantitative estimate of drug-likeness (QED) is 0.241. The standard InChI is InChI=1S/C16H27F5O2S/c1-4-5-8-23-15(22)12(10-11(2)3)24-9-6-7-16(20,21)13(17)14(18)19/h11-14H,4-10H2,1-3H3. The number of hydrogen-bond acceptors (Lipinski definition) is 3. The zero-order valence-corrected chi connectivity index (χ0v) is 15.2. The fourth-order valence-corrected chi connectivity index (χ4v) is 3.25. The van der Waals surface area contributed by atoms with Crippen molar-refractivity contribution in [3.63, 3.8) is 0 Å². The van der Waals surface area contributed by atoms with Gasteiger partial charge in [0.2, 0.25) is 6.17 Å². The SMILES string of the molecule is CCCCOC(=O)C(CC(C)C)SCCCC(F)(F)C(F)C(F)F. The Morgan fingerprint density at radius 2 is 1.79 bits per heavy atom. The first-order valence-electron chi connectivity index (χ1n) is 8.20.